The first-order valence-electron chi connectivity index (χ1n) is 6.79. The number of rotatable bonds is 7. The lowest BCUT2D eigenvalue weighted by atomic mass is 10.0. The maximum Gasteiger partial charge on any atom is 0.251 e. The van der Waals surface area contributed by atoms with E-state index in [0.29, 0.717) is 12.5 Å². The van der Waals surface area contributed by atoms with Gasteiger partial charge in [-0.05, 0) is 30.5 Å². The fourth-order valence-electron chi connectivity index (χ4n) is 2.02. The van der Waals surface area contributed by atoms with E-state index >= 15 is 0 Å². The van der Waals surface area contributed by atoms with Crippen molar-refractivity contribution >= 4 is 5.91 Å². The smallest absolute Gasteiger partial charge is 0.251 e. The Labute approximate surface area is 110 Å². The molecule has 0 saturated heterocycles. The lowest BCUT2D eigenvalue weighted by Gasteiger charge is -2.14. The Hall–Kier alpha value is -1.35. The fraction of sp³-hybridized carbons (Fsp3) is 0.533. The van der Waals surface area contributed by atoms with Gasteiger partial charge in [0.05, 0.1) is 0 Å². The van der Waals surface area contributed by atoms with Gasteiger partial charge in [0.25, 0.3) is 5.91 Å². The summed E-state index contributed by atoms with van der Waals surface area (Å²) in [7, 11) is 0. The Morgan fingerprint density at radius 2 is 1.94 bits per heavy atom. The Balaban J connectivity index is 2.66. The van der Waals surface area contributed by atoms with E-state index in [2.05, 4.69) is 19.2 Å². The second-order valence-corrected chi connectivity index (χ2v) is 4.59. The average Bonchev–Trinajstić information content (AvgIpc) is 2.40. The standard InChI is InChI=1S/C15H24N2O/c1-3-12(4-2)11-17-15(18)14-8-6-5-7-13(14)9-10-16/h5-8,12H,3-4,9-11,16H2,1-2H3,(H,17,18). The van der Waals surface area contributed by atoms with E-state index in [1.807, 2.05) is 24.3 Å². The Morgan fingerprint density at radius 1 is 1.28 bits per heavy atom. The van der Waals surface area contributed by atoms with E-state index in [0.717, 1.165) is 36.9 Å². The van der Waals surface area contributed by atoms with Gasteiger partial charge in [-0.3, -0.25) is 4.79 Å². The van der Waals surface area contributed by atoms with Crippen LogP contribution in [-0.4, -0.2) is 19.0 Å². The van der Waals surface area contributed by atoms with Crippen LogP contribution in [0.25, 0.3) is 0 Å². The molecule has 3 N–H and O–H groups in total. The second kappa shape index (κ2) is 7.88. The second-order valence-electron chi connectivity index (χ2n) is 4.59. The van der Waals surface area contributed by atoms with Gasteiger partial charge in [-0.2, -0.15) is 0 Å². The highest BCUT2D eigenvalue weighted by Crippen LogP contribution is 2.10. The first-order valence-corrected chi connectivity index (χ1v) is 6.79. The zero-order valence-corrected chi connectivity index (χ0v) is 11.4. The molecule has 0 aliphatic heterocycles. The van der Waals surface area contributed by atoms with Crippen LogP contribution in [0.2, 0.25) is 0 Å². The molecule has 0 aliphatic rings. The molecular weight excluding hydrogens is 224 g/mol. The molecule has 0 spiro atoms. The van der Waals surface area contributed by atoms with Crippen molar-refractivity contribution < 1.29 is 4.79 Å². The predicted octanol–water partition coefficient (Wildman–Crippen LogP) is 2.35. The topological polar surface area (TPSA) is 55.1 Å². The number of nitrogens with one attached hydrogen (secondary N) is 1. The minimum Gasteiger partial charge on any atom is -0.352 e. The van der Waals surface area contributed by atoms with Gasteiger partial charge in [-0.25, -0.2) is 0 Å². The van der Waals surface area contributed by atoms with E-state index in [4.69, 9.17) is 5.73 Å². The Morgan fingerprint density at radius 3 is 2.56 bits per heavy atom. The monoisotopic (exact) mass is 248 g/mol. The van der Waals surface area contributed by atoms with Gasteiger partial charge < -0.3 is 11.1 Å². The molecule has 0 saturated carbocycles. The number of nitrogens with two attached hydrogens (primary N) is 1. The van der Waals surface area contributed by atoms with Gasteiger partial charge in [0, 0.05) is 12.1 Å². The van der Waals surface area contributed by atoms with Crippen LogP contribution < -0.4 is 11.1 Å². The Kier molecular flexibility index (Phi) is 6.44. The average molecular weight is 248 g/mol. The third-order valence-electron chi connectivity index (χ3n) is 3.38. The number of amides is 1. The summed E-state index contributed by atoms with van der Waals surface area (Å²) < 4.78 is 0. The highest BCUT2D eigenvalue weighted by Gasteiger charge is 2.11. The van der Waals surface area contributed by atoms with Gasteiger partial charge >= 0.3 is 0 Å². The first kappa shape index (κ1) is 14.7. The summed E-state index contributed by atoms with van der Waals surface area (Å²) >= 11 is 0. The third-order valence-corrected chi connectivity index (χ3v) is 3.38. The van der Waals surface area contributed by atoms with Crippen molar-refractivity contribution in [1.82, 2.24) is 5.32 Å². The SMILES string of the molecule is CCC(CC)CNC(=O)c1ccccc1CCN. The van der Waals surface area contributed by atoms with Crippen LogP contribution in [0.3, 0.4) is 0 Å². The highest BCUT2D eigenvalue weighted by molar-refractivity contribution is 5.95. The summed E-state index contributed by atoms with van der Waals surface area (Å²) in [4.78, 5) is 12.1. The molecule has 0 atom stereocenters. The lowest BCUT2D eigenvalue weighted by molar-refractivity contribution is 0.0945. The number of hydrogen-bond donors (Lipinski definition) is 2. The molecular formula is C15H24N2O. The largest absolute Gasteiger partial charge is 0.352 e. The zero-order valence-electron chi connectivity index (χ0n) is 11.4. The van der Waals surface area contributed by atoms with Crippen LogP contribution in [0, 0.1) is 5.92 Å². The molecule has 0 fully saturated rings. The van der Waals surface area contributed by atoms with Crippen LogP contribution in [0.5, 0.6) is 0 Å². The molecule has 0 bridgehead atoms. The van der Waals surface area contributed by atoms with E-state index in [-0.39, 0.29) is 5.91 Å². The van der Waals surface area contributed by atoms with E-state index in [9.17, 15) is 4.79 Å². The minimum absolute atomic E-state index is 0.0194. The summed E-state index contributed by atoms with van der Waals surface area (Å²) in [5.74, 6) is 0.585. The van der Waals surface area contributed by atoms with Crippen LogP contribution in [0.15, 0.2) is 24.3 Å². The molecule has 3 nitrogen and oxygen atoms in total. The summed E-state index contributed by atoms with van der Waals surface area (Å²) in [6.07, 6.45) is 2.94. The van der Waals surface area contributed by atoms with Crippen molar-refractivity contribution in [2.45, 2.75) is 33.1 Å². The number of benzene rings is 1. The molecule has 100 valence electrons. The van der Waals surface area contributed by atoms with Crippen molar-refractivity contribution in [3.63, 3.8) is 0 Å². The van der Waals surface area contributed by atoms with Crippen LogP contribution in [0.4, 0.5) is 0 Å². The summed E-state index contributed by atoms with van der Waals surface area (Å²) in [6.45, 7) is 5.63. The molecule has 1 aromatic rings. The van der Waals surface area contributed by atoms with E-state index in [1.165, 1.54) is 0 Å². The maximum atomic E-state index is 12.1. The first-order chi connectivity index (χ1) is 8.72. The predicted molar refractivity (Wildman–Crippen MR) is 75.6 cm³/mol. The quantitative estimate of drug-likeness (QED) is 0.778. The molecule has 18 heavy (non-hydrogen) atoms. The molecule has 1 amide bonds. The maximum absolute atomic E-state index is 12.1. The van der Waals surface area contributed by atoms with Crippen molar-refractivity contribution in [3.8, 4) is 0 Å². The van der Waals surface area contributed by atoms with Gasteiger partial charge in [0.1, 0.15) is 0 Å². The lowest BCUT2D eigenvalue weighted by Crippen LogP contribution is -2.29. The van der Waals surface area contributed by atoms with Gasteiger partial charge in [0.15, 0.2) is 0 Å². The highest BCUT2D eigenvalue weighted by atomic mass is 16.1. The molecule has 0 heterocycles. The zero-order chi connectivity index (χ0) is 13.4. The van der Waals surface area contributed by atoms with Crippen LogP contribution >= 0.6 is 0 Å². The van der Waals surface area contributed by atoms with Crippen LogP contribution in [0.1, 0.15) is 42.6 Å². The summed E-state index contributed by atoms with van der Waals surface area (Å²) in [5.41, 5.74) is 7.35. The van der Waals surface area contributed by atoms with Gasteiger partial charge in [-0.15, -0.1) is 0 Å². The molecule has 3 heteroatoms. The van der Waals surface area contributed by atoms with Crippen molar-refractivity contribution in [2.24, 2.45) is 11.7 Å². The molecule has 0 radical (unpaired) electrons. The number of carbonyl (C=O) groups is 1. The third kappa shape index (κ3) is 4.15. The normalized spacial score (nSPS) is 10.7. The van der Waals surface area contributed by atoms with Crippen LogP contribution in [-0.2, 0) is 6.42 Å². The molecule has 0 aliphatic carbocycles. The van der Waals surface area contributed by atoms with E-state index < -0.39 is 0 Å². The van der Waals surface area contributed by atoms with Crippen molar-refractivity contribution in [1.29, 1.82) is 0 Å². The molecule has 1 aromatic carbocycles. The minimum atomic E-state index is 0.0194. The fourth-order valence-corrected chi connectivity index (χ4v) is 2.02. The Bertz CT molecular complexity index is 373. The number of hydrogen-bond acceptors (Lipinski definition) is 2. The van der Waals surface area contributed by atoms with Crippen molar-refractivity contribution in [3.05, 3.63) is 35.4 Å². The summed E-state index contributed by atoms with van der Waals surface area (Å²) in [5, 5.41) is 3.02. The number of carbonyl (C=O) groups excluding carboxylic acids is 1. The van der Waals surface area contributed by atoms with Gasteiger partial charge in [-0.1, -0.05) is 44.9 Å². The van der Waals surface area contributed by atoms with Gasteiger partial charge in [0.2, 0.25) is 0 Å². The van der Waals surface area contributed by atoms with E-state index in [1.54, 1.807) is 0 Å². The van der Waals surface area contributed by atoms with Crippen molar-refractivity contribution in [2.75, 3.05) is 13.1 Å². The summed E-state index contributed by atoms with van der Waals surface area (Å²) in [6, 6.07) is 7.68. The molecule has 0 aromatic heterocycles. The molecule has 1 rings (SSSR count). The molecule has 0 unspecified atom stereocenters.